The van der Waals surface area contributed by atoms with E-state index in [1.807, 2.05) is 13.8 Å². The molecule has 8 nitrogen and oxygen atoms in total. The van der Waals surface area contributed by atoms with E-state index >= 15 is 0 Å². The SMILES string of the molecule is CCCOc1ccc(/C=N\NC(=O)CN(c2ccccc2)S(=O)(=O)c2ccccc2)cc1OCC. The number of benzene rings is 3. The average molecular weight is 496 g/mol. The Balaban J connectivity index is 1.74. The minimum absolute atomic E-state index is 0.0917. The molecule has 0 heterocycles. The summed E-state index contributed by atoms with van der Waals surface area (Å²) < 4.78 is 38.9. The van der Waals surface area contributed by atoms with Gasteiger partial charge in [-0.25, -0.2) is 13.8 Å². The Morgan fingerprint density at radius 3 is 2.29 bits per heavy atom. The van der Waals surface area contributed by atoms with Gasteiger partial charge in [0.15, 0.2) is 11.5 Å². The first-order chi connectivity index (χ1) is 17.0. The van der Waals surface area contributed by atoms with Gasteiger partial charge in [-0.3, -0.25) is 9.10 Å². The molecule has 3 rings (SSSR count). The van der Waals surface area contributed by atoms with Crippen molar-refractivity contribution in [3.05, 3.63) is 84.4 Å². The van der Waals surface area contributed by atoms with E-state index in [9.17, 15) is 13.2 Å². The fourth-order valence-electron chi connectivity index (χ4n) is 3.18. The number of hydrazone groups is 1. The standard InChI is InChI=1S/C26H29N3O5S/c1-3-17-34-24-16-15-21(18-25(24)33-4-2)19-27-28-26(30)20-29(22-11-7-5-8-12-22)35(31,32)23-13-9-6-10-14-23/h5-16,18-19H,3-4,17,20H2,1-2H3,(H,28,30)/b27-19-. The molecule has 0 bridgehead atoms. The molecule has 0 aromatic heterocycles. The van der Waals surface area contributed by atoms with Crippen LogP contribution in [0.5, 0.6) is 11.5 Å². The number of amides is 1. The molecule has 0 atom stereocenters. The molecule has 0 radical (unpaired) electrons. The number of hydrogen-bond donors (Lipinski definition) is 1. The lowest BCUT2D eigenvalue weighted by atomic mass is 10.2. The summed E-state index contributed by atoms with van der Waals surface area (Å²) in [6.45, 7) is 4.52. The lowest BCUT2D eigenvalue weighted by Crippen LogP contribution is -2.39. The lowest BCUT2D eigenvalue weighted by molar-refractivity contribution is -0.119. The van der Waals surface area contributed by atoms with Crippen molar-refractivity contribution < 1.29 is 22.7 Å². The van der Waals surface area contributed by atoms with Gasteiger partial charge in [-0.15, -0.1) is 0 Å². The number of carbonyl (C=O) groups is 1. The third kappa shape index (κ3) is 7.07. The van der Waals surface area contributed by atoms with E-state index in [2.05, 4.69) is 10.5 Å². The number of para-hydroxylation sites is 1. The second kappa shape index (κ2) is 12.6. The smallest absolute Gasteiger partial charge is 0.264 e. The molecule has 9 heteroatoms. The van der Waals surface area contributed by atoms with Crippen molar-refractivity contribution in [2.24, 2.45) is 5.10 Å². The maximum absolute atomic E-state index is 13.3. The zero-order valence-electron chi connectivity index (χ0n) is 19.8. The molecule has 1 N–H and O–H groups in total. The van der Waals surface area contributed by atoms with Crippen molar-refractivity contribution >= 4 is 27.8 Å². The van der Waals surface area contributed by atoms with Gasteiger partial charge >= 0.3 is 0 Å². The van der Waals surface area contributed by atoms with Gasteiger partial charge in [0, 0.05) is 0 Å². The Hall–Kier alpha value is -3.85. The van der Waals surface area contributed by atoms with Gasteiger partial charge in [0.2, 0.25) is 0 Å². The molecule has 0 saturated heterocycles. The number of anilines is 1. The van der Waals surface area contributed by atoms with Crippen LogP contribution < -0.4 is 19.2 Å². The van der Waals surface area contributed by atoms with E-state index in [4.69, 9.17) is 9.47 Å². The van der Waals surface area contributed by atoms with Gasteiger partial charge in [0.05, 0.1) is 30.0 Å². The molecule has 1 amide bonds. The molecular formula is C26H29N3O5S. The van der Waals surface area contributed by atoms with Gasteiger partial charge in [-0.05, 0) is 61.4 Å². The summed E-state index contributed by atoms with van der Waals surface area (Å²) in [7, 11) is -3.96. The van der Waals surface area contributed by atoms with Crippen molar-refractivity contribution in [1.82, 2.24) is 5.43 Å². The first kappa shape index (κ1) is 25.8. The Morgan fingerprint density at radius 2 is 1.63 bits per heavy atom. The minimum atomic E-state index is -3.96. The highest BCUT2D eigenvalue weighted by atomic mass is 32.2. The van der Waals surface area contributed by atoms with Crippen molar-refractivity contribution in [2.75, 3.05) is 24.1 Å². The summed E-state index contributed by atoms with van der Waals surface area (Å²) in [6, 6.07) is 21.8. The summed E-state index contributed by atoms with van der Waals surface area (Å²) in [5, 5.41) is 3.99. The van der Waals surface area contributed by atoms with Crippen LogP contribution in [0.15, 0.2) is 88.9 Å². The lowest BCUT2D eigenvalue weighted by Gasteiger charge is -2.23. The van der Waals surface area contributed by atoms with E-state index in [0.29, 0.717) is 36.0 Å². The van der Waals surface area contributed by atoms with Crippen molar-refractivity contribution in [3.8, 4) is 11.5 Å². The zero-order chi connectivity index (χ0) is 25.1. The Kier molecular flexibility index (Phi) is 9.25. The first-order valence-electron chi connectivity index (χ1n) is 11.3. The highest BCUT2D eigenvalue weighted by molar-refractivity contribution is 7.92. The first-order valence-corrected chi connectivity index (χ1v) is 12.7. The Morgan fingerprint density at radius 1 is 0.943 bits per heavy atom. The topological polar surface area (TPSA) is 97.3 Å². The molecule has 0 aliphatic heterocycles. The Bertz CT molecular complexity index is 1230. The molecule has 3 aromatic rings. The summed E-state index contributed by atoms with van der Waals surface area (Å²) in [6.07, 6.45) is 2.34. The van der Waals surface area contributed by atoms with Gasteiger partial charge in [-0.1, -0.05) is 43.3 Å². The predicted octanol–water partition coefficient (Wildman–Crippen LogP) is 4.22. The van der Waals surface area contributed by atoms with Crippen molar-refractivity contribution in [1.29, 1.82) is 0 Å². The molecule has 3 aromatic carbocycles. The molecule has 0 unspecified atom stereocenters. The molecule has 184 valence electrons. The van der Waals surface area contributed by atoms with Crippen LogP contribution in [0.3, 0.4) is 0 Å². The number of nitrogens with zero attached hydrogens (tertiary/aromatic N) is 2. The maximum Gasteiger partial charge on any atom is 0.264 e. The van der Waals surface area contributed by atoms with Gasteiger partial charge < -0.3 is 9.47 Å². The minimum Gasteiger partial charge on any atom is -0.490 e. The summed E-state index contributed by atoms with van der Waals surface area (Å²) in [4.78, 5) is 12.8. The van der Waals surface area contributed by atoms with Crippen LogP contribution in [0.4, 0.5) is 5.69 Å². The number of carbonyl (C=O) groups excluding carboxylic acids is 1. The third-order valence-corrected chi connectivity index (χ3v) is 6.58. The van der Waals surface area contributed by atoms with Crippen LogP contribution in [0.1, 0.15) is 25.8 Å². The molecule has 0 spiro atoms. The largest absolute Gasteiger partial charge is 0.490 e. The second-order valence-corrected chi connectivity index (χ2v) is 9.30. The molecule has 0 saturated carbocycles. The monoisotopic (exact) mass is 495 g/mol. The van der Waals surface area contributed by atoms with Crippen LogP contribution >= 0.6 is 0 Å². The summed E-state index contributed by atoms with van der Waals surface area (Å²) >= 11 is 0. The highest BCUT2D eigenvalue weighted by Gasteiger charge is 2.26. The van der Waals surface area contributed by atoms with Crippen molar-refractivity contribution in [3.63, 3.8) is 0 Å². The summed E-state index contributed by atoms with van der Waals surface area (Å²) in [5.41, 5.74) is 3.47. The predicted molar refractivity (Wildman–Crippen MR) is 137 cm³/mol. The molecule has 35 heavy (non-hydrogen) atoms. The molecular weight excluding hydrogens is 466 g/mol. The van der Waals surface area contributed by atoms with E-state index in [1.165, 1.54) is 18.3 Å². The number of ether oxygens (including phenoxy) is 2. The van der Waals surface area contributed by atoms with Gasteiger partial charge in [-0.2, -0.15) is 5.10 Å². The highest BCUT2D eigenvalue weighted by Crippen LogP contribution is 2.28. The quantitative estimate of drug-likeness (QED) is 0.300. The van der Waals surface area contributed by atoms with Crippen LogP contribution in [-0.2, 0) is 14.8 Å². The zero-order valence-corrected chi connectivity index (χ0v) is 20.6. The fourth-order valence-corrected chi connectivity index (χ4v) is 4.62. The molecule has 0 aliphatic carbocycles. The summed E-state index contributed by atoms with van der Waals surface area (Å²) in [5.74, 6) is 0.637. The number of hydrogen-bond acceptors (Lipinski definition) is 6. The van der Waals surface area contributed by atoms with E-state index in [1.54, 1.807) is 66.7 Å². The maximum atomic E-state index is 13.3. The third-order valence-electron chi connectivity index (χ3n) is 4.79. The van der Waals surface area contributed by atoms with E-state index in [0.717, 1.165) is 10.7 Å². The van der Waals surface area contributed by atoms with Crippen LogP contribution in [0.25, 0.3) is 0 Å². The number of rotatable bonds is 12. The average Bonchev–Trinajstić information content (AvgIpc) is 2.88. The normalized spacial score (nSPS) is 11.3. The van der Waals surface area contributed by atoms with E-state index < -0.39 is 22.5 Å². The van der Waals surface area contributed by atoms with Gasteiger partial charge in [0.1, 0.15) is 6.54 Å². The molecule has 0 fully saturated rings. The fraction of sp³-hybridized carbons (Fsp3) is 0.231. The van der Waals surface area contributed by atoms with Crippen LogP contribution in [0.2, 0.25) is 0 Å². The van der Waals surface area contributed by atoms with Gasteiger partial charge in [0.25, 0.3) is 15.9 Å². The second-order valence-electron chi connectivity index (χ2n) is 7.44. The Labute approximate surface area is 206 Å². The van der Waals surface area contributed by atoms with Crippen molar-refractivity contribution in [2.45, 2.75) is 25.2 Å². The molecule has 0 aliphatic rings. The van der Waals surface area contributed by atoms with E-state index in [-0.39, 0.29) is 4.90 Å². The van der Waals surface area contributed by atoms with Crippen LogP contribution in [0, 0.1) is 0 Å². The van der Waals surface area contributed by atoms with Crippen LogP contribution in [-0.4, -0.2) is 40.3 Å². The number of sulfonamides is 1. The number of nitrogens with one attached hydrogen (secondary N) is 1.